The van der Waals surface area contributed by atoms with Gasteiger partial charge in [-0.05, 0) is 36.8 Å². The second-order valence-corrected chi connectivity index (χ2v) is 6.50. The fraction of sp³-hybridized carbons (Fsp3) is 0.227. The predicted octanol–water partition coefficient (Wildman–Crippen LogP) is 2.86. The van der Waals surface area contributed by atoms with Crippen LogP contribution in [-0.4, -0.2) is 49.0 Å². The molecular formula is C22H21NO6. The number of hydrogen-bond donors (Lipinski definition) is 0. The molecule has 0 radical (unpaired) electrons. The molecule has 0 bridgehead atoms. The molecule has 0 aliphatic carbocycles. The number of rotatable bonds is 9. The first-order chi connectivity index (χ1) is 14.0. The molecule has 0 aromatic heterocycles. The zero-order valence-corrected chi connectivity index (χ0v) is 16.1. The summed E-state index contributed by atoms with van der Waals surface area (Å²) in [4.78, 5) is 37.4. The van der Waals surface area contributed by atoms with E-state index in [0.29, 0.717) is 29.2 Å². The Morgan fingerprint density at radius 2 is 1.45 bits per heavy atom. The molecule has 2 aromatic rings. The minimum absolute atomic E-state index is 0.0309. The average Bonchev–Trinajstić information content (AvgIpc) is 2.95. The molecule has 0 spiro atoms. The second kappa shape index (κ2) is 9.05. The van der Waals surface area contributed by atoms with Crippen LogP contribution in [0.2, 0.25) is 0 Å². The molecule has 0 saturated heterocycles. The van der Waals surface area contributed by atoms with E-state index in [9.17, 15) is 14.4 Å². The molecule has 7 heteroatoms. The van der Waals surface area contributed by atoms with E-state index in [1.54, 1.807) is 42.5 Å². The van der Waals surface area contributed by atoms with Crippen molar-refractivity contribution in [3.8, 4) is 11.5 Å². The highest BCUT2D eigenvalue weighted by Gasteiger charge is 2.36. The first kappa shape index (κ1) is 20.1. The largest absolute Gasteiger partial charge is 0.486 e. The SMILES string of the molecule is C=C(C)COc1ccccc1OCCOC(=O)CN1C(=O)c2ccccc2C1=O. The fourth-order valence-electron chi connectivity index (χ4n) is 2.75. The van der Waals surface area contributed by atoms with Gasteiger partial charge in [-0.25, -0.2) is 0 Å². The molecule has 1 aliphatic rings. The van der Waals surface area contributed by atoms with Crippen molar-refractivity contribution in [2.75, 3.05) is 26.4 Å². The van der Waals surface area contributed by atoms with Crippen LogP contribution in [-0.2, 0) is 9.53 Å². The van der Waals surface area contributed by atoms with E-state index in [-0.39, 0.29) is 13.2 Å². The second-order valence-electron chi connectivity index (χ2n) is 6.50. The van der Waals surface area contributed by atoms with Crippen LogP contribution in [0, 0.1) is 0 Å². The van der Waals surface area contributed by atoms with Crippen molar-refractivity contribution in [2.45, 2.75) is 6.92 Å². The third kappa shape index (κ3) is 4.82. The highest BCUT2D eigenvalue weighted by molar-refractivity contribution is 6.22. The fourth-order valence-corrected chi connectivity index (χ4v) is 2.75. The smallest absolute Gasteiger partial charge is 0.326 e. The van der Waals surface area contributed by atoms with Crippen molar-refractivity contribution in [2.24, 2.45) is 0 Å². The molecule has 150 valence electrons. The van der Waals surface area contributed by atoms with Gasteiger partial charge in [-0.3, -0.25) is 19.3 Å². The molecule has 2 amide bonds. The van der Waals surface area contributed by atoms with Gasteiger partial charge in [-0.2, -0.15) is 0 Å². The molecule has 3 rings (SSSR count). The number of carbonyl (C=O) groups excluding carboxylic acids is 3. The van der Waals surface area contributed by atoms with Crippen molar-refractivity contribution < 1.29 is 28.6 Å². The molecular weight excluding hydrogens is 374 g/mol. The van der Waals surface area contributed by atoms with Gasteiger partial charge in [-0.1, -0.05) is 30.8 Å². The quantitative estimate of drug-likeness (QED) is 0.281. The number of imide groups is 1. The summed E-state index contributed by atoms with van der Waals surface area (Å²) in [5.74, 6) is -0.599. The van der Waals surface area contributed by atoms with Crippen molar-refractivity contribution in [3.63, 3.8) is 0 Å². The van der Waals surface area contributed by atoms with E-state index in [2.05, 4.69) is 6.58 Å². The Morgan fingerprint density at radius 3 is 2.03 bits per heavy atom. The summed E-state index contributed by atoms with van der Waals surface area (Å²) in [6.07, 6.45) is 0. The van der Waals surface area contributed by atoms with Gasteiger partial charge in [0, 0.05) is 0 Å². The van der Waals surface area contributed by atoms with Gasteiger partial charge in [0.2, 0.25) is 0 Å². The normalized spacial score (nSPS) is 12.5. The van der Waals surface area contributed by atoms with Gasteiger partial charge in [0.15, 0.2) is 11.5 Å². The van der Waals surface area contributed by atoms with Gasteiger partial charge in [0.05, 0.1) is 11.1 Å². The molecule has 2 aromatic carbocycles. The third-order valence-electron chi connectivity index (χ3n) is 4.09. The van der Waals surface area contributed by atoms with E-state index in [0.717, 1.165) is 10.5 Å². The Bertz CT molecular complexity index is 917. The number of hydrogen-bond acceptors (Lipinski definition) is 6. The van der Waals surface area contributed by atoms with E-state index >= 15 is 0 Å². The number of fused-ring (bicyclic) bond motifs is 1. The van der Waals surface area contributed by atoms with Crippen LogP contribution in [0.4, 0.5) is 0 Å². The lowest BCUT2D eigenvalue weighted by Crippen LogP contribution is -2.36. The monoisotopic (exact) mass is 395 g/mol. The molecule has 1 heterocycles. The number of benzene rings is 2. The zero-order valence-electron chi connectivity index (χ0n) is 16.1. The summed E-state index contributed by atoms with van der Waals surface area (Å²) < 4.78 is 16.3. The van der Waals surface area contributed by atoms with Crippen molar-refractivity contribution >= 4 is 17.8 Å². The maximum atomic E-state index is 12.3. The van der Waals surface area contributed by atoms with Crippen LogP contribution < -0.4 is 9.47 Å². The van der Waals surface area contributed by atoms with Gasteiger partial charge in [-0.15, -0.1) is 0 Å². The van der Waals surface area contributed by atoms with Crippen LogP contribution in [0.25, 0.3) is 0 Å². The van der Waals surface area contributed by atoms with Crippen LogP contribution in [0.15, 0.2) is 60.7 Å². The summed E-state index contributed by atoms with van der Waals surface area (Å²) in [7, 11) is 0. The summed E-state index contributed by atoms with van der Waals surface area (Å²) in [6, 6.07) is 13.6. The number of nitrogens with zero attached hydrogens (tertiary/aromatic N) is 1. The van der Waals surface area contributed by atoms with Crippen molar-refractivity contribution in [1.82, 2.24) is 4.90 Å². The van der Waals surface area contributed by atoms with Gasteiger partial charge < -0.3 is 14.2 Å². The minimum Gasteiger partial charge on any atom is -0.486 e. The summed E-state index contributed by atoms with van der Waals surface area (Å²) in [6.45, 7) is 5.64. The molecule has 0 saturated carbocycles. The lowest BCUT2D eigenvalue weighted by atomic mass is 10.1. The first-order valence-electron chi connectivity index (χ1n) is 9.07. The number of amides is 2. The predicted molar refractivity (Wildman–Crippen MR) is 105 cm³/mol. The highest BCUT2D eigenvalue weighted by atomic mass is 16.6. The number of carbonyl (C=O) groups is 3. The molecule has 29 heavy (non-hydrogen) atoms. The standard InChI is InChI=1S/C22H21NO6/c1-15(2)14-29-19-10-6-5-9-18(19)27-11-12-28-20(24)13-23-21(25)16-7-3-4-8-17(16)22(23)26/h3-10H,1,11-14H2,2H3. The Hall–Kier alpha value is -3.61. The van der Waals surface area contributed by atoms with Gasteiger partial charge in [0.1, 0.15) is 26.4 Å². The topological polar surface area (TPSA) is 82.1 Å². The minimum atomic E-state index is -0.685. The number of para-hydroxylation sites is 2. The van der Waals surface area contributed by atoms with Crippen LogP contribution in [0.3, 0.4) is 0 Å². The van der Waals surface area contributed by atoms with E-state index in [4.69, 9.17) is 14.2 Å². The van der Waals surface area contributed by atoms with E-state index in [1.807, 2.05) is 13.0 Å². The number of esters is 1. The van der Waals surface area contributed by atoms with E-state index in [1.165, 1.54) is 0 Å². The van der Waals surface area contributed by atoms with E-state index < -0.39 is 24.3 Å². The molecule has 0 N–H and O–H groups in total. The van der Waals surface area contributed by atoms with Crippen molar-refractivity contribution in [1.29, 1.82) is 0 Å². The zero-order chi connectivity index (χ0) is 20.8. The summed E-state index contributed by atoms with van der Waals surface area (Å²) >= 11 is 0. The third-order valence-corrected chi connectivity index (χ3v) is 4.09. The lowest BCUT2D eigenvalue weighted by Gasteiger charge is -2.14. The number of ether oxygens (including phenoxy) is 3. The molecule has 1 aliphatic heterocycles. The van der Waals surface area contributed by atoms with Crippen LogP contribution in [0.1, 0.15) is 27.6 Å². The molecule has 0 fully saturated rings. The molecule has 0 atom stereocenters. The average molecular weight is 395 g/mol. The lowest BCUT2D eigenvalue weighted by molar-refractivity contribution is -0.144. The Balaban J connectivity index is 1.46. The first-order valence-corrected chi connectivity index (χ1v) is 9.07. The molecule has 0 unspecified atom stereocenters. The van der Waals surface area contributed by atoms with Gasteiger partial charge in [0.25, 0.3) is 11.8 Å². The summed E-state index contributed by atoms with van der Waals surface area (Å²) in [5, 5.41) is 0. The van der Waals surface area contributed by atoms with Crippen LogP contribution >= 0.6 is 0 Å². The maximum absolute atomic E-state index is 12.3. The highest BCUT2D eigenvalue weighted by Crippen LogP contribution is 2.26. The Kier molecular flexibility index (Phi) is 6.29. The Morgan fingerprint density at radius 1 is 0.897 bits per heavy atom. The summed E-state index contributed by atoms with van der Waals surface area (Å²) in [5.41, 5.74) is 1.46. The Labute approximate surface area is 168 Å². The van der Waals surface area contributed by atoms with Crippen molar-refractivity contribution in [3.05, 3.63) is 71.8 Å². The molecule has 7 nitrogen and oxygen atoms in total. The van der Waals surface area contributed by atoms with Gasteiger partial charge >= 0.3 is 5.97 Å². The maximum Gasteiger partial charge on any atom is 0.326 e. The van der Waals surface area contributed by atoms with Crippen LogP contribution in [0.5, 0.6) is 11.5 Å².